The first-order chi connectivity index (χ1) is 12.8. The van der Waals surface area contributed by atoms with Crippen molar-refractivity contribution < 1.29 is 9.47 Å². The number of nitrogens with one attached hydrogen (secondary N) is 1. The van der Waals surface area contributed by atoms with E-state index in [9.17, 15) is 0 Å². The highest BCUT2D eigenvalue weighted by Gasteiger charge is 2.28. The summed E-state index contributed by atoms with van der Waals surface area (Å²) in [5.41, 5.74) is 1.26. The number of pyridine rings is 1. The van der Waals surface area contributed by atoms with Gasteiger partial charge in [-0.2, -0.15) is 0 Å². The SMILES string of the molecule is C[C@@H]1CN(C[C@@H]2CCCO2)CC[C@@H]1NCc1ccnc(OCC2CC2)c1. The maximum absolute atomic E-state index is 5.80. The molecule has 2 aliphatic heterocycles. The molecule has 0 spiro atoms. The summed E-state index contributed by atoms with van der Waals surface area (Å²) in [7, 11) is 0. The van der Waals surface area contributed by atoms with E-state index in [2.05, 4.69) is 34.3 Å². The van der Waals surface area contributed by atoms with E-state index in [-0.39, 0.29) is 0 Å². The molecule has 1 aromatic heterocycles. The molecule has 0 amide bonds. The summed E-state index contributed by atoms with van der Waals surface area (Å²) < 4.78 is 11.6. The van der Waals surface area contributed by atoms with Gasteiger partial charge >= 0.3 is 0 Å². The molecule has 3 heterocycles. The van der Waals surface area contributed by atoms with E-state index in [1.54, 1.807) is 0 Å². The van der Waals surface area contributed by atoms with E-state index in [4.69, 9.17) is 9.47 Å². The van der Waals surface area contributed by atoms with E-state index in [1.165, 1.54) is 50.8 Å². The Balaban J connectivity index is 1.21. The van der Waals surface area contributed by atoms with Gasteiger partial charge in [0.05, 0.1) is 12.7 Å². The molecular weight excluding hydrogens is 326 g/mol. The zero-order valence-electron chi connectivity index (χ0n) is 16.0. The van der Waals surface area contributed by atoms with Gasteiger partial charge in [-0.25, -0.2) is 4.98 Å². The predicted molar refractivity (Wildman–Crippen MR) is 102 cm³/mol. The van der Waals surface area contributed by atoms with Gasteiger partial charge in [0.2, 0.25) is 5.88 Å². The lowest BCUT2D eigenvalue weighted by molar-refractivity contribution is 0.0512. The average molecular weight is 360 g/mol. The first-order valence-electron chi connectivity index (χ1n) is 10.4. The van der Waals surface area contributed by atoms with Crippen molar-refractivity contribution in [2.24, 2.45) is 11.8 Å². The van der Waals surface area contributed by atoms with Gasteiger partial charge in [-0.1, -0.05) is 6.92 Å². The van der Waals surface area contributed by atoms with Gasteiger partial charge in [-0.15, -0.1) is 0 Å². The van der Waals surface area contributed by atoms with Crippen molar-refractivity contribution in [1.82, 2.24) is 15.2 Å². The van der Waals surface area contributed by atoms with Gasteiger partial charge in [0.25, 0.3) is 0 Å². The zero-order chi connectivity index (χ0) is 17.8. The molecule has 3 aliphatic rings. The number of nitrogens with zero attached hydrogens (tertiary/aromatic N) is 2. The van der Waals surface area contributed by atoms with Crippen molar-refractivity contribution >= 4 is 0 Å². The second-order valence-corrected chi connectivity index (χ2v) is 8.40. The normalized spacial score (nSPS) is 29.8. The minimum Gasteiger partial charge on any atom is -0.477 e. The van der Waals surface area contributed by atoms with Gasteiger partial charge in [0.1, 0.15) is 0 Å². The van der Waals surface area contributed by atoms with E-state index < -0.39 is 0 Å². The molecule has 5 nitrogen and oxygen atoms in total. The van der Waals surface area contributed by atoms with E-state index in [0.717, 1.165) is 38.1 Å². The fourth-order valence-corrected chi connectivity index (χ4v) is 4.15. The van der Waals surface area contributed by atoms with Gasteiger partial charge < -0.3 is 19.7 Å². The lowest BCUT2D eigenvalue weighted by Crippen LogP contribution is -2.49. The highest BCUT2D eigenvalue weighted by atomic mass is 16.5. The Labute approximate surface area is 157 Å². The monoisotopic (exact) mass is 359 g/mol. The van der Waals surface area contributed by atoms with Gasteiger partial charge in [-0.05, 0) is 62.1 Å². The maximum Gasteiger partial charge on any atom is 0.213 e. The summed E-state index contributed by atoms with van der Waals surface area (Å²) in [5.74, 6) is 2.20. The van der Waals surface area contributed by atoms with E-state index in [0.29, 0.717) is 18.1 Å². The van der Waals surface area contributed by atoms with Crippen LogP contribution in [0.1, 0.15) is 44.6 Å². The van der Waals surface area contributed by atoms with Gasteiger partial charge in [-0.3, -0.25) is 0 Å². The minimum atomic E-state index is 0.470. The Morgan fingerprint density at radius 1 is 1.31 bits per heavy atom. The molecular formula is C21H33N3O2. The Kier molecular flexibility index (Phi) is 6.08. The Morgan fingerprint density at radius 2 is 2.23 bits per heavy atom. The molecule has 2 saturated heterocycles. The van der Waals surface area contributed by atoms with Crippen LogP contribution in [0.25, 0.3) is 0 Å². The number of hydrogen-bond acceptors (Lipinski definition) is 5. The number of hydrogen-bond donors (Lipinski definition) is 1. The van der Waals surface area contributed by atoms with Crippen molar-refractivity contribution in [2.75, 3.05) is 32.8 Å². The molecule has 1 aromatic rings. The van der Waals surface area contributed by atoms with E-state index >= 15 is 0 Å². The lowest BCUT2D eigenvalue weighted by Gasteiger charge is -2.38. The van der Waals surface area contributed by atoms with E-state index in [1.807, 2.05) is 6.20 Å². The molecule has 1 saturated carbocycles. The van der Waals surface area contributed by atoms with Crippen LogP contribution < -0.4 is 10.1 Å². The highest BCUT2D eigenvalue weighted by Crippen LogP contribution is 2.29. The summed E-state index contributed by atoms with van der Waals surface area (Å²) in [5, 5.41) is 3.77. The summed E-state index contributed by atoms with van der Waals surface area (Å²) in [6.07, 6.45) is 8.64. The maximum atomic E-state index is 5.80. The summed E-state index contributed by atoms with van der Waals surface area (Å²) in [4.78, 5) is 6.93. The fourth-order valence-electron chi connectivity index (χ4n) is 4.15. The van der Waals surface area contributed by atoms with Crippen LogP contribution in [-0.4, -0.2) is 54.9 Å². The molecule has 1 N–H and O–H groups in total. The molecule has 3 atom stereocenters. The Morgan fingerprint density at radius 3 is 3.00 bits per heavy atom. The molecule has 4 rings (SSSR count). The highest BCUT2D eigenvalue weighted by molar-refractivity contribution is 5.20. The quantitative estimate of drug-likeness (QED) is 0.773. The van der Waals surface area contributed by atoms with Crippen LogP contribution in [0.2, 0.25) is 0 Å². The third-order valence-corrected chi connectivity index (χ3v) is 6.01. The Bertz CT molecular complexity index is 572. The number of piperidine rings is 1. The van der Waals surface area contributed by atoms with Crippen LogP contribution in [0.4, 0.5) is 0 Å². The second kappa shape index (κ2) is 8.68. The van der Waals surface area contributed by atoms with Crippen LogP contribution in [0.3, 0.4) is 0 Å². The number of likely N-dealkylation sites (tertiary alicyclic amines) is 1. The zero-order valence-corrected chi connectivity index (χ0v) is 16.0. The standard InChI is InChI=1S/C21H33N3O2/c1-16-13-24(14-19-3-2-10-25-19)9-7-20(16)23-12-18-6-8-22-21(11-18)26-15-17-4-5-17/h6,8,11,16-17,19-20,23H,2-5,7,9-10,12-15H2,1H3/t16-,19+,20+/m1/s1. The van der Waals surface area contributed by atoms with Gasteiger partial charge in [0.15, 0.2) is 0 Å². The summed E-state index contributed by atoms with van der Waals surface area (Å²) in [6, 6.07) is 4.76. The summed E-state index contributed by atoms with van der Waals surface area (Å²) in [6.45, 7) is 8.50. The van der Waals surface area contributed by atoms with Crippen molar-refractivity contribution in [1.29, 1.82) is 0 Å². The van der Waals surface area contributed by atoms with Crippen molar-refractivity contribution in [2.45, 2.75) is 57.7 Å². The first-order valence-corrected chi connectivity index (χ1v) is 10.4. The molecule has 1 aliphatic carbocycles. The molecule has 0 radical (unpaired) electrons. The number of ether oxygens (including phenoxy) is 2. The van der Waals surface area contributed by atoms with Crippen molar-refractivity contribution in [3.05, 3.63) is 23.9 Å². The molecule has 0 aromatic carbocycles. The van der Waals surface area contributed by atoms with Gasteiger partial charge in [0, 0.05) is 44.5 Å². The Hall–Kier alpha value is -1.17. The lowest BCUT2D eigenvalue weighted by atomic mass is 9.93. The van der Waals surface area contributed by atoms with Crippen LogP contribution in [-0.2, 0) is 11.3 Å². The molecule has 0 bridgehead atoms. The molecule has 3 fully saturated rings. The molecule has 26 heavy (non-hydrogen) atoms. The largest absolute Gasteiger partial charge is 0.477 e. The molecule has 0 unspecified atom stereocenters. The third-order valence-electron chi connectivity index (χ3n) is 6.01. The minimum absolute atomic E-state index is 0.470. The summed E-state index contributed by atoms with van der Waals surface area (Å²) >= 11 is 0. The third kappa shape index (κ3) is 5.18. The van der Waals surface area contributed by atoms with Crippen LogP contribution in [0.5, 0.6) is 5.88 Å². The fraction of sp³-hybridized carbons (Fsp3) is 0.762. The first kappa shape index (κ1) is 18.2. The topological polar surface area (TPSA) is 46.6 Å². The van der Waals surface area contributed by atoms with Crippen molar-refractivity contribution in [3.8, 4) is 5.88 Å². The average Bonchev–Trinajstić information content (AvgIpc) is 3.35. The van der Waals surface area contributed by atoms with Crippen LogP contribution >= 0.6 is 0 Å². The second-order valence-electron chi connectivity index (χ2n) is 8.40. The number of aromatic nitrogens is 1. The smallest absolute Gasteiger partial charge is 0.213 e. The predicted octanol–water partition coefficient (Wildman–Crippen LogP) is 2.85. The number of rotatable bonds is 8. The molecule has 144 valence electrons. The van der Waals surface area contributed by atoms with Crippen molar-refractivity contribution in [3.63, 3.8) is 0 Å². The molecule has 5 heteroatoms. The van der Waals surface area contributed by atoms with Crippen LogP contribution in [0.15, 0.2) is 18.3 Å². The van der Waals surface area contributed by atoms with Crippen LogP contribution in [0, 0.1) is 11.8 Å².